The topological polar surface area (TPSA) is 107 Å². The number of hydrogen-bond acceptors (Lipinski definition) is 7. The van der Waals surface area contributed by atoms with Crippen LogP contribution < -0.4 is 20.9 Å². The SMILES string of the molecule is COCCc1nc(-c2ccc3c(c2)N(CC(=O)NN)C(=O)CO3)cs1. The lowest BCUT2D eigenvalue weighted by molar-refractivity contribution is -0.125. The molecule has 0 saturated heterocycles. The molecule has 25 heavy (non-hydrogen) atoms. The third-order valence-electron chi connectivity index (χ3n) is 3.73. The van der Waals surface area contributed by atoms with Crippen molar-refractivity contribution in [3.8, 4) is 17.0 Å². The minimum absolute atomic E-state index is 0.109. The molecule has 2 aromatic rings. The molecule has 0 radical (unpaired) electrons. The zero-order valence-corrected chi connectivity index (χ0v) is 14.5. The van der Waals surface area contributed by atoms with Crippen molar-refractivity contribution in [2.24, 2.45) is 5.84 Å². The van der Waals surface area contributed by atoms with Crippen molar-refractivity contribution in [2.45, 2.75) is 6.42 Å². The van der Waals surface area contributed by atoms with E-state index in [1.807, 2.05) is 16.9 Å². The van der Waals surface area contributed by atoms with Gasteiger partial charge in [0.25, 0.3) is 11.8 Å². The number of aromatic nitrogens is 1. The molecule has 1 aliphatic heterocycles. The molecule has 3 N–H and O–H groups in total. The third-order valence-corrected chi connectivity index (χ3v) is 4.64. The minimum Gasteiger partial charge on any atom is -0.482 e. The molecule has 0 aliphatic carbocycles. The van der Waals surface area contributed by atoms with Gasteiger partial charge in [0, 0.05) is 24.5 Å². The van der Waals surface area contributed by atoms with E-state index in [1.165, 1.54) is 4.90 Å². The number of nitrogens with one attached hydrogen (secondary N) is 1. The molecule has 0 fully saturated rings. The fourth-order valence-corrected chi connectivity index (χ4v) is 3.26. The average molecular weight is 362 g/mol. The van der Waals surface area contributed by atoms with Crippen molar-refractivity contribution in [3.63, 3.8) is 0 Å². The number of thiazole rings is 1. The lowest BCUT2D eigenvalue weighted by Crippen LogP contribution is -2.46. The van der Waals surface area contributed by atoms with E-state index in [1.54, 1.807) is 30.6 Å². The molecule has 2 heterocycles. The number of carbonyl (C=O) groups is 2. The van der Waals surface area contributed by atoms with Gasteiger partial charge in [0.1, 0.15) is 12.3 Å². The largest absolute Gasteiger partial charge is 0.482 e. The fraction of sp³-hybridized carbons (Fsp3) is 0.312. The first-order valence-corrected chi connectivity index (χ1v) is 8.50. The molecule has 1 aliphatic rings. The molecule has 0 spiro atoms. The van der Waals surface area contributed by atoms with Crippen molar-refractivity contribution in [1.29, 1.82) is 0 Å². The summed E-state index contributed by atoms with van der Waals surface area (Å²) in [6.45, 7) is 0.342. The number of anilines is 1. The van der Waals surface area contributed by atoms with Crippen LogP contribution in [0, 0.1) is 0 Å². The monoisotopic (exact) mass is 362 g/mol. The van der Waals surface area contributed by atoms with Crippen LogP contribution in [0.2, 0.25) is 0 Å². The van der Waals surface area contributed by atoms with E-state index >= 15 is 0 Å². The Hall–Kier alpha value is -2.49. The standard InChI is InChI=1S/C16H18N4O4S/c1-23-5-4-15-18-11(9-25-15)10-2-3-13-12(6-10)20(7-14(21)19-17)16(22)8-24-13/h2-3,6,9H,4-5,7-8,17H2,1H3,(H,19,21). The van der Waals surface area contributed by atoms with E-state index in [0.29, 0.717) is 18.0 Å². The number of nitrogens with two attached hydrogens (primary N) is 1. The van der Waals surface area contributed by atoms with Gasteiger partial charge in [-0.3, -0.25) is 19.9 Å². The normalized spacial score (nSPS) is 13.4. The number of ether oxygens (including phenoxy) is 2. The summed E-state index contributed by atoms with van der Waals surface area (Å²) in [5.74, 6) is 4.92. The van der Waals surface area contributed by atoms with Crippen molar-refractivity contribution in [1.82, 2.24) is 10.4 Å². The molecular formula is C16H18N4O4S. The van der Waals surface area contributed by atoms with Crippen LogP contribution in [0.5, 0.6) is 5.75 Å². The summed E-state index contributed by atoms with van der Waals surface area (Å²) in [4.78, 5) is 29.7. The first-order valence-electron chi connectivity index (χ1n) is 7.62. The first kappa shape index (κ1) is 17.3. The Morgan fingerprint density at radius 3 is 3.12 bits per heavy atom. The maximum Gasteiger partial charge on any atom is 0.265 e. The van der Waals surface area contributed by atoms with Gasteiger partial charge in [0.05, 0.1) is 23.0 Å². The smallest absolute Gasteiger partial charge is 0.265 e. The van der Waals surface area contributed by atoms with Crippen LogP contribution in [-0.2, 0) is 20.7 Å². The Labute approximate surface area is 148 Å². The number of rotatable bonds is 6. The van der Waals surface area contributed by atoms with E-state index < -0.39 is 5.91 Å². The van der Waals surface area contributed by atoms with E-state index in [4.69, 9.17) is 15.3 Å². The van der Waals surface area contributed by atoms with Gasteiger partial charge in [-0.1, -0.05) is 0 Å². The Morgan fingerprint density at radius 1 is 1.52 bits per heavy atom. The second-order valence-corrected chi connectivity index (χ2v) is 6.33. The summed E-state index contributed by atoms with van der Waals surface area (Å²) < 4.78 is 10.5. The van der Waals surface area contributed by atoms with Crippen molar-refractivity contribution < 1.29 is 19.1 Å². The molecule has 9 heteroatoms. The van der Waals surface area contributed by atoms with Gasteiger partial charge in [-0.05, 0) is 18.2 Å². The summed E-state index contributed by atoms with van der Waals surface area (Å²) in [5, 5.41) is 2.93. The van der Waals surface area contributed by atoms with Gasteiger partial charge in [-0.15, -0.1) is 11.3 Å². The molecule has 2 amide bonds. The highest BCUT2D eigenvalue weighted by atomic mass is 32.1. The number of carbonyl (C=O) groups excluding carboxylic acids is 2. The molecule has 1 aromatic heterocycles. The average Bonchev–Trinajstić information content (AvgIpc) is 3.10. The number of fused-ring (bicyclic) bond motifs is 1. The quantitative estimate of drug-likeness (QED) is 0.445. The number of methoxy groups -OCH3 is 1. The highest BCUT2D eigenvalue weighted by Crippen LogP contribution is 2.36. The van der Waals surface area contributed by atoms with Gasteiger partial charge in [-0.25, -0.2) is 10.8 Å². The van der Waals surface area contributed by atoms with Crippen LogP contribution in [0.15, 0.2) is 23.6 Å². The molecule has 1 aromatic carbocycles. The van der Waals surface area contributed by atoms with Crippen LogP contribution in [0.3, 0.4) is 0 Å². The Bertz CT molecular complexity index is 792. The Kier molecular flexibility index (Phi) is 5.27. The first-order chi connectivity index (χ1) is 12.1. The highest BCUT2D eigenvalue weighted by molar-refractivity contribution is 7.09. The molecule has 8 nitrogen and oxygen atoms in total. The molecule has 0 unspecified atom stereocenters. The van der Waals surface area contributed by atoms with E-state index in [-0.39, 0.29) is 19.1 Å². The fourth-order valence-electron chi connectivity index (χ4n) is 2.47. The summed E-state index contributed by atoms with van der Waals surface area (Å²) in [7, 11) is 1.65. The van der Waals surface area contributed by atoms with Crippen molar-refractivity contribution in [2.75, 3.05) is 31.8 Å². The maximum absolute atomic E-state index is 12.1. The highest BCUT2D eigenvalue weighted by Gasteiger charge is 2.27. The van der Waals surface area contributed by atoms with Crippen LogP contribution in [0.25, 0.3) is 11.3 Å². The lowest BCUT2D eigenvalue weighted by atomic mass is 10.1. The number of benzene rings is 1. The second-order valence-electron chi connectivity index (χ2n) is 5.39. The molecular weight excluding hydrogens is 344 g/mol. The number of hydrazine groups is 1. The molecule has 3 rings (SSSR count). The van der Waals surface area contributed by atoms with E-state index in [2.05, 4.69) is 4.98 Å². The molecule has 0 saturated carbocycles. The Morgan fingerprint density at radius 2 is 2.36 bits per heavy atom. The van der Waals surface area contributed by atoms with Gasteiger partial charge in [-0.2, -0.15) is 0 Å². The zero-order chi connectivity index (χ0) is 17.8. The van der Waals surface area contributed by atoms with Gasteiger partial charge < -0.3 is 9.47 Å². The second kappa shape index (κ2) is 7.60. The van der Waals surface area contributed by atoms with Gasteiger partial charge in [0.15, 0.2) is 6.61 Å². The van der Waals surface area contributed by atoms with E-state index in [0.717, 1.165) is 22.7 Å². The molecule has 132 valence electrons. The van der Waals surface area contributed by atoms with Crippen LogP contribution in [0.4, 0.5) is 5.69 Å². The number of amides is 2. The molecule has 0 bridgehead atoms. The van der Waals surface area contributed by atoms with Crippen LogP contribution in [-0.4, -0.2) is 43.7 Å². The zero-order valence-electron chi connectivity index (χ0n) is 13.7. The number of nitrogens with zero attached hydrogens (tertiary/aromatic N) is 2. The van der Waals surface area contributed by atoms with Gasteiger partial charge in [0.2, 0.25) is 0 Å². The number of hydrogen-bond donors (Lipinski definition) is 2. The molecule has 0 atom stereocenters. The van der Waals surface area contributed by atoms with Crippen LogP contribution >= 0.6 is 11.3 Å². The predicted octanol–water partition coefficient (Wildman–Crippen LogP) is 0.714. The van der Waals surface area contributed by atoms with Crippen molar-refractivity contribution >= 4 is 28.8 Å². The predicted molar refractivity (Wildman–Crippen MR) is 93.3 cm³/mol. The summed E-state index contributed by atoms with van der Waals surface area (Å²) in [5.41, 5.74) is 4.22. The lowest BCUT2D eigenvalue weighted by Gasteiger charge is -2.29. The summed E-state index contributed by atoms with van der Waals surface area (Å²) >= 11 is 1.55. The summed E-state index contributed by atoms with van der Waals surface area (Å²) in [6, 6.07) is 5.45. The van der Waals surface area contributed by atoms with Crippen LogP contribution in [0.1, 0.15) is 5.01 Å². The maximum atomic E-state index is 12.1. The van der Waals surface area contributed by atoms with Gasteiger partial charge >= 0.3 is 0 Å². The minimum atomic E-state index is -0.456. The van der Waals surface area contributed by atoms with E-state index in [9.17, 15) is 9.59 Å². The third kappa shape index (κ3) is 3.78. The summed E-state index contributed by atoms with van der Waals surface area (Å²) in [6.07, 6.45) is 0.747. The Balaban J connectivity index is 1.90. The van der Waals surface area contributed by atoms with Crippen molar-refractivity contribution in [3.05, 3.63) is 28.6 Å².